The summed E-state index contributed by atoms with van der Waals surface area (Å²) in [5.41, 5.74) is 0. The van der Waals surface area contributed by atoms with Crippen LogP contribution in [0.15, 0.2) is 0 Å². The molecule has 0 amide bonds. The monoisotopic (exact) mass is 217 g/mol. The van der Waals surface area contributed by atoms with Gasteiger partial charge in [0.15, 0.2) is 5.79 Å². The van der Waals surface area contributed by atoms with Gasteiger partial charge in [-0.25, -0.2) is 0 Å². The quantitative estimate of drug-likeness (QED) is 0.536. The zero-order valence-electron chi connectivity index (χ0n) is 9.54. The van der Waals surface area contributed by atoms with Crippen LogP contribution in [0.2, 0.25) is 0 Å². The molecule has 0 aromatic rings. The maximum absolute atomic E-state index is 11.5. The zero-order valence-corrected chi connectivity index (χ0v) is 9.54. The van der Waals surface area contributed by atoms with Crippen LogP contribution in [-0.2, 0) is 19.0 Å². The van der Waals surface area contributed by atoms with Crippen molar-refractivity contribution < 1.29 is 19.0 Å². The molecule has 15 heavy (non-hydrogen) atoms. The third-order valence-electron chi connectivity index (χ3n) is 2.71. The van der Waals surface area contributed by atoms with Crippen molar-refractivity contribution in [2.45, 2.75) is 19.1 Å². The standard InChI is InChI=1S/C10H19NO4/c1-4-15-9(12)8-5-10(13-2,14-3)7-11-6-8/h8,11H,4-7H2,1-3H3. The van der Waals surface area contributed by atoms with E-state index in [-0.39, 0.29) is 11.9 Å². The highest BCUT2D eigenvalue weighted by Crippen LogP contribution is 2.25. The Kier molecular flexibility index (Phi) is 4.50. The van der Waals surface area contributed by atoms with E-state index in [0.717, 1.165) is 0 Å². The molecule has 1 atom stereocenters. The molecule has 0 radical (unpaired) electrons. The summed E-state index contributed by atoms with van der Waals surface area (Å²) in [6, 6.07) is 0. The van der Waals surface area contributed by atoms with Gasteiger partial charge in [-0.05, 0) is 6.92 Å². The SMILES string of the molecule is CCOC(=O)C1CNCC(OC)(OC)C1. The van der Waals surface area contributed by atoms with E-state index < -0.39 is 5.79 Å². The molecule has 1 aliphatic heterocycles. The van der Waals surface area contributed by atoms with Gasteiger partial charge in [0.1, 0.15) is 0 Å². The number of carbonyl (C=O) groups is 1. The minimum absolute atomic E-state index is 0.192. The van der Waals surface area contributed by atoms with E-state index in [1.807, 2.05) is 0 Å². The average Bonchev–Trinajstić information content (AvgIpc) is 2.29. The summed E-state index contributed by atoms with van der Waals surface area (Å²) in [7, 11) is 3.16. The molecule has 1 aliphatic rings. The molecule has 0 aromatic carbocycles. The summed E-state index contributed by atoms with van der Waals surface area (Å²) in [5.74, 6) is -1.09. The maximum atomic E-state index is 11.5. The largest absolute Gasteiger partial charge is 0.466 e. The molecule has 1 fully saturated rings. The number of hydrogen-bond donors (Lipinski definition) is 1. The van der Waals surface area contributed by atoms with E-state index in [4.69, 9.17) is 14.2 Å². The van der Waals surface area contributed by atoms with Crippen LogP contribution in [0.5, 0.6) is 0 Å². The smallest absolute Gasteiger partial charge is 0.310 e. The number of rotatable bonds is 4. The Morgan fingerprint density at radius 3 is 2.67 bits per heavy atom. The fraction of sp³-hybridized carbons (Fsp3) is 0.900. The topological polar surface area (TPSA) is 56.8 Å². The van der Waals surface area contributed by atoms with Gasteiger partial charge in [-0.15, -0.1) is 0 Å². The van der Waals surface area contributed by atoms with Crippen LogP contribution >= 0.6 is 0 Å². The van der Waals surface area contributed by atoms with Crippen LogP contribution in [0.3, 0.4) is 0 Å². The van der Waals surface area contributed by atoms with Gasteiger partial charge in [-0.2, -0.15) is 0 Å². The van der Waals surface area contributed by atoms with Gasteiger partial charge >= 0.3 is 5.97 Å². The number of nitrogens with one attached hydrogen (secondary N) is 1. The van der Waals surface area contributed by atoms with E-state index in [9.17, 15) is 4.79 Å². The van der Waals surface area contributed by atoms with Crippen molar-refractivity contribution in [1.82, 2.24) is 5.32 Å². The van der Waals surface area contributed by atoms with Gasteiger partial charge < -0.3 is 19.5 Å². The van der Waals surface area contributed by atoms with Crippen molar-refractivity contribution in [2.75, 3.05) is 33.9 Å². The van der Waals surface area contributed by atoms with Crippen LogP contribution < -0.4 is 5.32 Å². The molecule has 0 aliphatic carbocycles. The van der Waals surface area contributed by atoms with Gasteiger partial charge in [-0.1, -0.05) is 0 Å². The van der Waals surface area contributed by atoms with Crippen molar-refractivity contribution in [1.29, 1.82) is 0 Å². The molecular weight excluding hydrogens is 198 g/mol. The van der Waals surface area contributed by atoms with Gasteiger partial charge in [-0.3, -0.25) is 4.79 Å². The van der Waals surface area contributed by atoms with Crippen molar-refractivity contribution >= 4 is 5.97 Å². The highest BCUT2D eigenvalue weighted by Gasteiger charge is 2.39. The van der Waals surface area contributed by atoms with Crippen molar-refractivity contribution in [3.05, 3.63) is 0 Å². The minimum atomic E-state index is -0.699. The van der Waals surface area contributed by atoms with E-state index >= 15 is 0 Å². The molecule has 1 heterocycles. The number of methoxy groups -OCH3 is 2. The van der Waals surface area contributed by atoms with Crippen molar-refractivity contribution in [2.24, 2.45) is 5.92 Å². The number of ether oxygens (including phenoxy) is 3. The average molecular weight is 217 g/mol. The van der Waals surface area contributed by atoms with E-state index in [1.54, 1.807) is 21.1 Å². The molecule has 0 saturated carbocycles. The highest BCUT2D eigenvalue weighted by atomic mass is 16.7. The molecule has 0 aromatic heterocycles. The number of hydrogen-bond acceptors (Lipinski definition) is 5. The van der Waals surface area contributed by atoms with Crippen LogP contribution in [0, 0.1) is 5.92 Å². The molecule has 1 unspecified atom stereocenters. The Morgan fingerprint density at radius 2 is 2.13 bits per heavy atom. The summed E-state index contributed by atoms with van der Waals surface area (Å²) < 4.78 is 15.6. The molecule has 5 heteroatoms. The molecule has 1 N–H and O–H groups in total. The summed E-state index contributed by atoms with van der Waals surface area (Å²) in [5, 5.41) is 3.12. The number of esters is 1. The van der Waals surface area contributed by atoms with Gasteiger partial charge in [0, 0.05) is 33.7 Å². The Bertz CT molecular complexity index is 215. The minimum Gasteiger partial charge on any atom is -0.466 e. The predicted octanol–water partition coefficient (Wildman–Crippen LogP) is 0.148. The van der Waals surface area contributed by atoms with Crippen LogP contribution in [-0.4, -0.2) is 45.7 Å². The molecule has 88 valence electrons. The second-order valence-corrected chi connectivity index (χ2v) is 3.60. The van der Waals surface area contributed by atoms with Gasteiger partial charge in [0.25, 0.3) is 0 Å². The summed E-state index contributed by atoms with van der Waals surface area (Å²) >= 11 is 0. The Morgan fingerprint density at radius 1 is 1.47 bits per heavy atom. The normalized spacial score (nSPS) is 24.9. The van der Waals surface area contributed by atoms with Crippen LogP contribution in [0.1, 0.15) is 13.3 Å². The zero-order chi connectivity index (χ0) is 11.3. The van der Waals surface area contributed by atoms with Crippen molar-refractivity contribution in [3.8, 4) is 0 Å². The van der Waals surface area contributed by atoms with Crippen LogP contribution in [0.25, 0.3) is 0 Å². The molecule has 5 nitrogen and oxygen atoms in total. The lowest BCUT2D eigenvalue weighted by atomic mass is 9.94. The number of carbonyl (C=O) groups excluding carboxylic acids is 1. The molecule has 1 saturated heterocycles. The summed E-state index contributed by atoms with van der Waals surface area (Å²) in [6.45, 7) is 3.42. The summed E-state index contributed by atoms with van der Waals surface area (Å²) in [4.78, 5) is 11.5. The first-order chi connectivity index (χ1) is 7.17. The first kappa shape index (κ1) is 12.4. The molecule has 1 rings (SSSR count). The summed E-state index contributed by atoms with van der Waals surface area (Å²) in [6.07, 6.45) is 0.534. The maximum Gasteiger partial charge on any atom is 0.310 e. The first-order valence-corrected chi connectivity index (χ1v) is 5.15. The third-order valence-corrected chi connectivity index (χ3v) is 2.71. The molecule has 0 spiro atoms. The second-order valence-electron chi connectivity index (χ2n) is 3.60. The fourth-order valence-electron chi connectivity index (χ4n) is 1.78. The molecule has 0 bridgehead atoms. The van der Waals surface area contributed by atoms with Gasteiger partial charge in [0.05, 0.1) is 12.5 Å². The lowest BCUT2D eigenvalue weighted by molar-refractivity contribution is -0.224. The Hall–Kier alpha value is -0.650. The van der Waals surface area contributed by atoms with E-state index in [0.29, 0.717) is 26.1 Å². The lowest BCUT2D eigenvalue weighted by Crippen LogP contribution is -2.53. The fourth-order valence-corrected chi connectivity index (χ4v) is 1.78. The number of piperidine rings is 1. The highest BCUT2D eigenvalue weighted by molar-refractivity contribution is 5.73. The second kappa shape index (κ2) is 5.44. The van der Waals surface area contributed by atoms with E-state index in [1.165, 1.54) is 0 Å². The van der Waals surface area contributed by atoms with Gasteiger partial charge in [0.2, 0.25) is 0 Å². The lowest BCUT2D eigenvalue weighted by Gasteiger charge is -2.37. The Balaban J connectivity index is 2.58. The third kappa shape index (κ3) is 2.90. The van der Waals surface area contributed by atoms with E-state index in [2.05, 4.69) is 5.32 Å². The Labute approximate surface area is 90.1 Å². The first-order valence-electron chi connectivity index (χ1n) is 5.15. The molecular formula is C10H19NO4. The predicted molar refractivity (Wildman–Crippen MR) is 54.4 cm³/mol. The van der Waals surface area contributed by atoms with Crippen molar-refractivity contribution in [3.63, 3.8) is 0 Å². The van der Waals surface area contributed by atoms with Crippen LogP contribution in [0.4, 0.5) is 0 Å².